The Morgan fingerprint density at radius 2 is 2.27 bits per heavy atom. The average Bonchev–Trinajstić information content (AvgIpc) is 2.44. The second kappa shape index (κ2) is 5.77. The van der Waals surface area contributed by atoms with Crippen LogP contribution in [-0.2, 0) is 13.6 Å². The minimum absolute atomic E-state index is 0.626. The van der Waals surface area contributed by atoms with Crippen molar-refractivity contribution in [2.24, 2.45) is 7.05 Å². The Balaban J connectivity index is 2.50. The summed E-state index contributed by atoms with van der Waals surface area (Å²) in [6, 6.07) is 0. The highest BCUT2D eigenvalue weighted by Crippen LogP contribution is 2.18. The first-order chi connectivity index (χ1) is 7.06. The topological polar surface area (TPSA) is 29.9 Å². The zero-order chi connectivity index (χ0) is 11.4. The summed E-state index contributed by atoms with van der Waals surface area (Å²) in [6.07, 6.45) is 2.12. The number of nitrogens with one attached hydrogen (secondary N) is 1. The van der Waals surface area contributed by atoms with Crippen LogP contribution in [0, 0.1) is 6.92 Å². The van der Waals surface area contributed by atoms with Gasteiger partial charge in [-0.25, -0.2) is 0 Å². The third-order valence-corrected chi connectivity index (χ3v) is 3.85. The van der Waals surface area contributed by atoms with Gasteiger partial charge in [0.2, 0.25) is 0 Å². The fourth-order valence-electron chi connectivity index (χ4n) is 1.36. The Bertz CT molecular complexity index is 325. The monoisotopic (exact) mass is 247 g/mol. The molecule has 0 saturated carbocycles. The summed E-state index contributed by atoms with van der Waals surface area (Å²) < 4.78 is 1.71. The van der Waals surface area contributed by atoms with Crippen LogP contribution < -0.4 is 5.32 Å². The molecule has 5 heteroatoms. The smallest absolute Gasteiger partial charge is 0.131 e. The Labute approximate surface area is 101 Å². The molecule has 1 aromatic rings. The van der Waals surface area contributed by atoms with Gasteiger partial charge in [-0.15, -0.1) is 0 Å². The van der Waals surface area contributed by atoms with Gasteiger partial charge in [0.15, 0.2) is 0 Å². The minimum Gasteiger partial charge on any atom is -0.311 e. The molecule has 0 radical (unpaired) electrons. The van der Waals surface area contributed by atoms with Crippen molar-refractivity contribution in [3.63, 3.8) is 0 Å². The van der Waals surface area contributed by atoms with Crippen LogP contribution >= 0.6 is 23.4 Å². The van der Waals surface area contributed by atoms with E-state index in [2.05, 4.69) is 23.6 Å². The molecule has 0 saturated heterocycles. The highest BCUT2D eigenvalue weighted by atomic mass is 35.5. The van der Waals surface area contributed by atoms with Crippen molar-refractivity contribution < 1.29 is 0 Å². The van der Waals surface area contributed by atoms with Crippen LogP contribution in [0.5, 0.6) is 0 Å². The molecule has 0 spiro atoms. The van der Waals surface area contributed by atoms with Gasteiger partial charge < -0.3 is 5.32 Å². The predicted molar refractivity (Wildman–Crippen MR) is 67.6 cm³/mol. The second-order valence-electron chi connectivity index (χ2n) is 3.66. The Hall–Kier alpha value is -0.190. The molecule has 86 valence electrons. The van der Waals surface area contributed by atoms with E-state index in [1.54, 1.807) is 4.68 Å². The first-order valence-corrected chi connectivity index (χ1v) is 6.64. The summed E-state index contributed by atoms with van der Waals surface area (Å²) in [7, 11) is 1.86. The highest BCUT2D eigenvalue weighted by Gasteiger charge is 2.10. The SMILES string of the molecule is CSC(C)CNCc1c(C)nn(C)c1Cl. The lowest BCUT2D eigenvalue weighted by Crippen LogP contribution is -2.22. The quantitative estimate of drug-likeness (QED) is 0.866. The number of aromatic nitrogens is 2. The van der Waals surface area contributed by atoms with Gasteiger partial charge in [0.25, 0.3) is 0 Å². The van der Waals surface area contributed by atoms with Gasteiger partial charge in [0.1, 0.15) is 5.15 Å². The van der Waals surface area contributed by atoms with E-state index >= 15 is 0 Å². The fraction of sp³-hybridized carbons (Fsp3) is 0.700. The maximum Gasteiger partial charge on any atom is 0.131 e. The van der Waals surface area contributed by atoms with Gasteiger partial charge in [-0.05, 0) is 13.2 Å². The summed E-state index contributed by atoms with van der Waals surface area (Å²) in [4.78, 5) is 0. The summed E-state index contributed by atoms with van der Waals surface area (Å²) in [5.74, 6) is 0. The number of halogens is 1. The van der Waals surface area contributed by atoms with Crippen molar-refractivity contribution in [3.05, 3.63) is 16.4 Å². The molecular formula is C10H18ClN3S. The lowest BCUT2D eigenvalue weighted by Gasteiger charge is -2.09. The summed E-state index contributed by atoms with van der Waals surface area (Å²) in [5, 5.41) is 9.02. The predicted octanol–water partition coefficient (Wildman–Crippen LogP) is 2.22. The lowest BCUT2D eigenvalue weighted by molar-refractivity contribution is 0.682. The number of aryl methyl sites for hydroxylation is 2. The Morgan fingerprint density at radius 1 is 1.60 bits per heavy atom. The van der Waals surface area contributed by atoms with Crippen LogP contribution in [0.2, 0.25) is 5.15 Å². The Kier molecular flexibility index (Phi) is 4.96. The third-order valence-electron chi connectivity index (χ3n) is 2.41. The summed E-state index contributed by atoms with van der Waals surface area (Å²) in [5.41, 5.74) is 2.11. The number of thioether (sulfide) groups is 1. The number of nitrogens with zero attached hydrogens (tertiary/aromatic N) is 2. The van der Waals surface area contributed by atoms with E-state index in [4.69, 9.17) is 11.6 Å². The molecule has 1 heterocycles. The molecule has 0 bridgehead atoms. The van der Waals surface area contributed by atoms with Crippen molar-refractivity contribution in [3.8, 4) is 0 Å². The van der Waals surface area contributed by atoms with E-state index in [-0.39, 0.29) is 0 Å². The molecule has 1 N–H and O–H groups in total. The first kappa shape index (κ1) is 12.9. The standard InChI is InChI=1S/C10H18ClN3S/c1-7(15-4)5-12-6-9-8(2)13-14(3)10(9)11/h7,12H,5-6H2,1-4H3. The van der Waals surface area contributed by atoms with Gasteiger partial charge in [0.05, 0.1) is 5.69 Å². The van der Waals surface area contributed by atoms with E-state index < -0.39 is 0 Å². The molecular weight excluding hydrogens is 230 g/mol. The van der Waals surface area contributed by atoms with Crippen molar-refractivity contribution >= 4 is 23.4 Å². The van der Waals surface area contributed by atoms with Gasteiger partial charge >= 0.3 is 0 Å². The lowest BCUT2D eigenvalue weighted by atomic mass is 10.2. The van der Waals surface area contributed by atoms with Crippen molar-refractivity contribution in [1.29, 1.82) is 0 Å². The van der Waals surface area contributed by atoms with E-state index in [0.717, 1.165) is 29.5 Å². The molecule has 0 aliphatic rings. The molecule has 0 aliphatic heterocycles. The molecule has 0 amide bonds. The Morgan fingerprint density at radius 3 is 2.73 bits per heavy atom. The van der Waals surface area contributed by atoms with Crippen LogP contribution in [0.3, 0.4) is 0 Å². The van der Waals surface area contributed by atoms with Crippen molar-refractivity contribution in [1.82, 2.24) is 15.1 Å². The van der Waals surface area contributed by atoms with E-state index in [1.165, 1.54) is 0 Å². The fourth-order valence-corrected chi connectivity index (χ4v) is 1.88. The number of hydrogen-bond donors (Lipinski definition) is 1. The molecule has 1 unspecified atom stereocenters. The van der Waals surface area contributed by atoms with Gasteiger partial charge in [0, 0.05) is 31.0 Å². The van der Waals surface area contributed by atoms with Crippen LogP contribution in [-0.4, -0.2) is 27.8 Å². The van der Waals surface area contributed by atoms with Crippen LogP contribution in [0.1, 0.15) is 18.2 Å². The van der Waals surface area contributed by atoms with Crippen LogP contribution in [0.25, 0.3) is 0 Å². The number of hydrogen-bond acceptors (Lipinski definition) is 3. The van der Waals surface area contributed by atoms with Gasteiger partial charge in [-0.1, -0.05) is 18.5 Å². The molecule has 1 atom stereocenters. The molecule has 0 aromatic carbocycles. The maximum absolute atomic E-state index is 6.12. The highest BCUT2D eigenvalue weighted by molar-refractivity contribution is 7.99. The van der Waals surface area contributed by atoms with E-state index in [0.29, 0.717) is 5.25 Å². The zero-order valence-corrected chi connectivity index (χ0v) is 11.2. The largest absolute Gasteiger partial charge is 0.311 e. The van der Waals surface area contributed by atoms with E-state index in [9.17, 15) is 0 Å². The minimum atomic E-state index is 0.626. The van der Waals surface area contributed by atoms with Crippen molar-refractivity contribution in [2.45, 2.75) is 25.6 Å². The molecule has 3 nitrogen and oxygen atoms in total. The molecule has 15 heavy (non-hydrogen) atoms. The molecule has 0 fully saturated rings. The third kappa shape index (κ3) is 3.40. The normalized spacial score (nSPS) is 13.1. The zero-order valence-electron chi connectivity index (χ0n) is 9.67. The van der Waals surface area contributed by atoms with E-state index in [1.807, 2.05) is 25.7 Å². The molecule has 0 aliphatic carbocycles. The average molecular weight is 248 g/mol. The van der Waals surface area contributed by atoms with Crippen molar-refractivity contribution in [2.75, 3.05) is 12.8 Å². The molecule has 1 rings (SSSR count). The summed E-state index contributed by atoms with van der Waals surface area (Å²) >= 11 is 7.98. The van der Waals surface area contributed by atoms with Crippen LogP contribution in [0.15, 0.2) is 0 Å². The first-order valence-electron chi connectivity index (χ1n) is 4.97. The maximum atomic E-state index is 6.12. The van der Waals surface area contributed by atoms with Gasteiger partial charge in [-0.3, -0.25) is 4.68 Å². The second-order valence-corrected chi connectivity index (χ2v) is 5.29. The number of rotatable bonds is 5. The summed E-state index contributed by atoms with van der Waals surface area (Å²) in [6.45, 7) is 5.98. The molecule has 1 aromatic heterocycles. The van der Waals surface area contributed by atoms with Crippen LogP contribution in [0.4, 0.5) is 0 Å². The van der Waals surface area contributed by atoms with Gasteiger partial charge in [-0.2, -0.15) is 16.9 Å².